The van der Waals surface area contributed by atoms with Gasteiger partial charge in [0.1, 0.15) is 5.69 Å². The quantitative estimate of drug-likeness (QED) is 0.849. The van der Waals surface area contributed by atoms with E-state index in [-0.39, 0.29) is 23.9 Å². The Kier molecular flexibility index (Phi) is 5.74. The van der Waals surface area contributed by atoms with Gasteiger partial charge in [0.2, 0.25) is 5.91 Å². The maximum Gasteiger partial charge on any atom is 0.269 e. The van der Waals surface area contributed by atoms with Crippen LogP contribution in [0.2, 0.25) is 5.02 Å². The zero-order valence-corrected chi connectivity index (χ0v) is 13.6. The lowest BCUT2D eigenvalue weighted by atomic mass is 10.1. The van der Waals surface area contributed by atoms with E-state index >= 15 is 0 Å². The van der Waals surface area contributed by atoms with Gasteiger partial charge < -0.3 is 10.6 Å². The van der Waals surface area contributed by atoms with Crippen LogP contribution >= 0.6 is 11.6 Å². The highest BCUT2D eigenvalue weighted by Gasteiger charge is 2.31. The zero-order valence-electron chi connectivity index (χ0n) is 12.8. The van der Waals surface area contributed by atoms with E-state index in [9.17, 15) is 9.59 Å². The van der Waals surface area contributed by atoms with Gasteiger partial charge >= 0.3 is 0 Å². The monoisotopic (exact) mass is 324 g/mol. The second-order valence-electron chi connectivity index (χ2n) is 5.50. The van der Waals surface area contributed by atoms with Gasteiger partial charge in [-0.2, -0.15) is 0 Å². The molecule has 2 N–H and O–H groups in total. The minimum atomic E-state index is -0.209. The number of nitrogens with zero attached hydrogens (tertiary/aromatic N) is 2. The fourth-order valence-electron chi connectivity index (χ4n) is 2.71. The normalized spacial score (nSPS) is 21.6. The molecule has 2 amide bonds. The molecule has 7 heteroatoms. The standard InChI is InChI=1S/C15H21ClN4O2/c1-17-14(21)7-11-4-5-12(20(11)2)9-19-15(22)13-6-3-10(16)8-18-13/h3,6,8,11-12H,4-5,7,9H2,1-2H3,(H,17,21)(H,19,22)/t11-,12+/m1/s1. The predicted octanol–water partition coefficient (Wildman–Crippen LogP) is 1.06. The van der Waals surface area contributed by atoms with Crippen LogP contribution in [0.3, 0.4) is 0 Å². The molecule has 2 rings (SSSR count). The molecule has 0 aromatic carbocycles. The molecule has 1 aromatic heterocycles. The zero-order chi connectivity index (χ0) is 16.1. The third-order valence-electron chi connectivity index (χ3n) is 4.14. The summed E-state index contributed by atoms with van der Waals surface area (Å²) in [6.07, 6.45) is 3.88. The Bertz CT molecular complexity index is 535. The summed E-state index contributed by atoms with van der Waals surface area (Å²) in [6, 6.07) is 3.72. The van der Waals surface area contributed by atoms with Crippen molar-refractivity contribution < 1.29 is 9.59 Å². The van der Waals surface area contributed by atoms with Crippen LogP contribution in [0.25, 0.3) is 0 Å². The van der Waals surface area contributed by atoms with Crippen molar-refractivity contribution in [3.8, 4) is 0 Å². The fraction of sp³-hybridized carbons (Fsp3) is 0.533. The Labute approximate surface area is 135 Å². The third-order valence-corrected chi connectivity index (χ3v) is 4.37. The van der Waals surface area contributed by atoms with Crippen molar-refractivity contribution in [2.24, 2.45) is 0 Å². The van der Waals surface area contributed by atoms with Crippen LogP contribution < -0.4 is 10.6 Å². The van der Waals surface area contributed by atoms with Gasteiger partial charge in [0.05, 0.1) is 5.02 Å². The van der Waals surface area contributed by atoms with Crippen molar-refractivity contribution in [2.75, 3.05) is 20.6 Å². The van der Waals surface area contributed by atoms with E-state index in [0.29, 0.717) is 23.7 Å². The second-order valence-corrected chi connectivity index (χ2v) is 5.94. The van der Waals surface area contributed by atoms with Gasteiger partial charge in [0.15, 0.2) is 0 Å². The number of pyridine rings is 1. The molecule has 0 bridgehead atoms. The summed E-state index contributed by atoms with van der Waals surface area (Å²) in [5, 5.41) is 6.04. The minimum Gasteiger partial charge on any atom is -0.359 e. The molecular formula is C15H21ClN4O2. The molecule has 0 spiro atoms. The first kappa shape index (κ1) is 16.7. The number of likely N-dealkylation sites (N-methyl/N-ethyl adjacent to an activating group) is 1. The first-order valence-corrected chi connectivity index (χ1v) is 7.71. The average Bonchev–Trinajstić information content (AvgIpc) is 2.86. The molecule has 0 saturated carbocycles. The lowest BCUT2D eigenvalue weighted by Gasteiger charge is -2.25. The summed E-state index contributed by atoms with van der Waals surface area (Å²) < 4.78 is 0. The van der Waals surface area contributed by atoms with Crippen LogP contribution in [-0.2, 0) is 4.79 Å². The molecule has 22 heavy (non-hydrogen) atoms. The number of carbonyl (C=O) groups is 2. The Morgan fingerprint density at radius 2 is 2.09 bits per heavy atom. The molecule has 0 aliphatic carbocycles. The molecule has 6 nitrogen and oxygen atoms in total. The molecule has 1 aliphatic heterocycles. The lowest BCUT2D eigenvalue weighted by Crippen LogP contribution is -2.42. The van der Waals surface area contributed by atoms with Crippen molar-refractivity contribution >= 4 is 23.4 Å². The molecule has 1 aromatic rings. The van der Waals surface area contributed by atoms with E-state index in [4.69, 9.17) is 11.6 Å². The van der Waals surface area contributed by atoms with E-state index < -0.39 is 0 Å². The highest BCUT2D eigenvalue weighted by Crippen LogP contribution is 2.24. The van der Waals surface area contributed by atoms with Gasteiger partial charge in [-0.05, 0) is 32.0 Å². The Hall–Kier alpha value is -1.66. The van der Waals surface area contributed by atoms with Crippen LogP contribution in [0.15, 0.2) is 18.3 Å². The van der Waals surface area contributed by atoms with Crippen LogP contribution in [-0.4, -0.2) is 54.4 Å². The summed E-state index contributed by atoms with van der Waals surface area (Å²) in [5.41, 5.74) is 0.354. The summed E-state index contributed by atoms with van der Waals surface area (Å²) in [7, 11) is 3.64. The molecule has 120 valence electrons. The van der Waals surface area contributed by atoms with Crippen molar-refractivity contribution in [1.29, 1.82) is 0 Å². The molecule has 0 radical (unpaired) electrons. The van der Waals surface area contributed by atoms with Crippen molar-refractivity contribution in [3.05, 3.63) is 29.0 Å². The fourth-order valence-corrected chi connectivity index (χ4v) is 2.82. The maximum absolute atomic E-state index is 12.0. The molecule has 2 atom stereocenters. The summed E-state index contributed by atoms with van der Waals surface area (Å²) in [4.78, 5) is 29.7. The van der Waals surface area contributed by atoms with E-state index in [1.54, 1.807) is 19.2 Å². The molecule has 0 unspecified atom stereocenters. The number of rotatable bonds is 5. The summed E-state index contributed by atoms with van der Waals surface area (Å²) in [5.74, 6) is -0.160. The van der Waals surface area contributed by atoms with Crippen LogP contribution in [0.1, 0.15) is 29.8 Å². The lowest BCUT2D eigenvalue weighted by molar-refractivity contribution is -0.121. The molecule has 1 fully saturated rings. The SMILES string of the molecule is CNC(=O)C[C@H]1CC[C@@H](CNC(=O)c2ccc(Cl)cn2)N1C. The Balaban J connectivity index is 1.83. The second kappa shape index (κ2) is 7.56. The van der Waals surface area contributed by atoms with Gasteiger partial charge in [0.25, 0.3) is 5.91 Å². The number of halogens is 1. The third kappa shape index (κ3) is 4.18. The van der Waals surface area contributed by atoms with E-state index in [2.05, 4.69) is 20.5 Å². The first-order valence-electron chi connectivity index (χ1n) is 7.33. The van der Waals surface area contributed by atoms with Gasteiger partial charge in [-0.3, -0.25) is 14.5 Å². The average molecular weight is 325 g/mol. The van der Waals surface area contributed by atoms with E-state index in [1.165, 1.54) is 6.20 Å². The topological polar surface area (TPSA) is 74.3 Å². The predicted molar refractivity (Wildman–Crippen MR) is 84.8 cm³/mol. The highest BCUT2D eigenvalue weighted by atomic mass is 35.5. The summed E-state index contributed by atoms with van der Waals surface area (Å²) in [6.45, 7) is 0.546. The minimum absolute atomic E-state index is 0.0481. The van der Waals surface area contributed by atoms with E-state index in [1.807, 2.05) is 7.05 Å². The number of nitrogens with one attached hydrogen (secondary N) is 2. The Morgan fingerprint density at radius 1 is 1.36 bits per heavy atom. The van der Waals surface area contributed by atoms with Gasteiger partial charge in [-0.1, -0.05) is 11.6 Å². The van der Waals surface area contributed by atoms with Crippen LogP contribution in [0.5, 0.6) is 0 Å². The van der Waals surface area contributed by atoms with Gasteiger partial charge in [0, 0.05) is 38.3 Å². The number of carbonyl (C=O) groups excluding carboxylic acids is 2. The van der Waals surface area contributed by atoms with Crippen molar-refractivity contribution in [1.82, 2.24) is 20.5 Å². The largest absolute Gasteiger partial charge is 0.359 e. The van der Waals surface area contributed by atoms with Gasteiger partial charge in [-0.15, -0.1) is 0 Å². The van der Waals surface area contributed by atoms with Crippen molar-refractivity contribution in [3.63, 3.8) is 0 Å². The number of hydrogen-bond acceptors (Lipinski definition) is 4. The molecular weight excluding hydrogens is 304 g/mol. The number of amides is 2. The van der Waals surface area contributed by atoms with Crippen LogP contribution in [0.4, 0.5) is 0 Å². The van der Waals surface area contributed by atoms with E-state index in [0.717, 1.165) is 12.8 Å². The smallest absolute Gasteiger partial charge is 0.269 e. The Morgan fingerprint density at radius 3 is 2.73 bits per heavy atom. The molecule has 1 saturated heterocycles. The number of aromatic nitrogens is 1. The van der Waals surface area contributed by atoms with Crippen molar-refractivity contribution in [2.45, 2.75) is 31.3 Å². The number of likely N-dealkylation sites (tertiary alicyclic amines) is 1. The maximum atomic E-state index is 12.0. The molecule has 2 heterocycles. The molecule has 1 aliphatic rings. The van der Waals surface area contributed by atoms with Gasteiger partial charge in [-0.25, -0.2) is 4.98 Å². The number of hydrogen-bond donors (Lipinski definition) is 2. The summed E-state index contributed by atoms with van der Waals surface area (Å²) >= 11 is 5.75. The highest BCUT2D eigenvalue weighted by molar-refractivity contribution is 6.30. The van der Waals surface area contributed by atoms with Crippen LogP contribution in [0, 0.1) is 0 Å². The first-order chi connectivity index (χ1) is 10.5.